The van der Waals surface area contributed by atoms with Crippen molar-refractivity contribution in [2.45, 2.75) is 39.5 Å². The van der Waals surface area contributed by atoms with Gasteiger partial charge in [0.2, 0.25) is 0 Å². The minimum absolute atomic E-state index is 0.209. The summed E-state index contributed by atoms with van der Waals surface area (Å²) in [7, 11) is 0. The third kappa shape index (κ3) is 4.25. The van der Waals surface area contributed by atoms with Gasteiger partial charge in [-0.25, -0.2) is 9.37 Å². The number of hydrogen-bond donors (Lipinski definition) is 0. The van der Waals surface area contributed by atoms with Crippen LogP contribution in [0.1, 0.15) is 50.7 Å². The van der Waals surface area contributed by atoms with Crippen molar-refractivity contribution in [3.8, 4) is 28.2 Å². The monoisotopic (exact) mass is 554 g/mol. The smallest absolute Gasteiger partial charge is 0.147 e. The molecule has 0 bridgehead atoms. The molecule has 5 aromatic carbocycles. The van der Waals surface area contributed by atoms with Crippen LogP contribution in [0.2, 0.25) is 0 Å². The third-order valence-electron chi connectivity index (χ3n) is 8.01. The fraction of sp³-hybridized carbons (Fsp3) is 0.162. The Balaban J connectivity index is 1.59. The summed E-state index contributed by atoms with van der Waals surface area (Å²) in [4.78, 5) is 5.27. The van der Waals surface area contributed by atoms with Gasteiger partial charge in [-0.2, -0.15) is 0 Å². The number of para-hydroxylation sites is 2. The summed E-state index contributed by atoms with van der Waals surface area (Å²) in [5.41, 5.74) is 9.38. The molecule has 0 atom stereocenters. The van der Waals surface area contributed by atoms with Gasteiger partial charge in [0.05, 0.1) is 16.7 Å². The fourth-order valence-corrected chi connectivity index (χ4v) is 7.23. The van der Waals surface area contributed by atoms with Crippen molar-refractivity contribution in [3.05, 3.63) is 120 Å². The van der Waals surface area contributed by atoms with E-state index >= 15 is 0 Å². The third-order valence-corrected chi connectivity index (χ3v) is 9.21. The van der Waals surface area contributed by atoms with E-state index < -0.39 is 0 Å². The number of rotatable bonds is 5. The Bertz CT molecular complexity index is 2040. The largest absolute Gasteiger partial charge is 0.292 e. The Labute approximate surface area is 243 Å². The van der Waals surface area contributed by atoms with Crippen molar-refractivity contribution in [1.29, 1.82) is 0 Å². The minimum Gasteiger partial charge on any atom is -0.292 e. The quantitative estimate of drug-likeness (QED) is 0.207. The van der Waals surface area contributed by atoms with E-state index in [0.717, 1.165) is 42.6 Å². The molecule has 7 rings (SSSR count). The van der Waals surface area contributed by atoms with Crippen LogP contribution in [0, 0.1) is 5.82 Å². The van der Waals surface area contributed by atoms with Crippen LogP contribution < -0.4 is 0 Å². The molecule has 4 heteroatoms. The van der Waals surface area contributed by atoms with E-state index in [2.05, 4.69) is 117 Å². The molecular weight excluding hydrogens is 523 g/mol. The molecular formula is C37H31FN2S. The highest BCUT2D eigenvalue weighted by atomic mass is 32.1. The van der Waals surface area contributed by atoms with Gasteiger partial charge in [0.15, 0.2) is 0 Å². The van der Waals surface area contributed by atoms with Gasteiger partial charge in [-0.3, -0.25) is 4.57 Å². The lowest BCUT2D eigenvalue weighted by Gasteiger charge is -2.24. The average molecular weight is 555 g/mol. The first kappa shape index (κ1) is 25.7. The molecule has 0 spiro atoms. The summed E-state index contributed by atoms with van der Waals surface area (Å²) in [5.74, 6) is 1.30. The van der Waals surface area contributed by atoms with E-state index in [1.165, 1.54) is 27.9 Å². The molecule has 0 N–H and O–H groups in total. The number of benzene rings is 5. The maximum absolute atomic E-state index is 14.2. The zero-order valence-electron chi connectivity index (χ0n) is 23.7. The molecule has 0 radical (unpaired) electrons. The first-order valence-corrected chi connectivity index (χ1v) is 15.0. The molecule has 41 heavy (non-hydrogen) atoms. The van der Waals surface area contributed by atoms with Gasteiger partial charge in [0.25, 0.3) is 0 Å². The Morgan fingerprint density at radius 3 is 2.12 bits per heavy atom. The van der Waals surface area contributed by atoms with E-state index in [9.17, 15) is 4.39 Å². The summed E-state index contributed by atoms with van der Waals surface area (Å²) in [6.45, 7) is 9.10. The maximum atomic E-state index is 14.2. The summed E-state index contributed by atoms with van der Waals surface area (Å²) in [6.07, 6.45) is 0. The van der Waals surface area contributed by atoms with E-state index in [-0.39, 0.29) is 5.82 Å². The lowest BCUT2D eigenvalue weighted by Crippen LogP contribution is -2.09. The number of fused-ring (bicyclic) bond motifs is 4. The molecule has 202 valence electrons. The Morgan fingerprint density at radius 1 is 0.683 bits per heavy atom. The first-order chi connectivity index (χ1) is 19.9. The highest BCUT2D eigenvalue weighted by Gasteiger charge is 2.24. The molecule has 2 aromatic heterocycles. The van der Waals surface area contributed by atoms with Gasteiger partial charge in [0, 0.05) is 25.7 Å². The molecule has 2 nitrogen and oxygen atoms in total. The number of aromatic nitrogens is 2. The highest BCUT2D eigenvalue weighted by molar-refractivity contribution is 7.26. The zero-order valence-corrected chi connectivity index (χ0v) is 24.5. The van der Waals surface area contributed by atoms with Crippen molar-refractivity contribution >= 4 is 42.5 Å². The number of halogens is 1. The van der Waals surface area contributed by atoms with E-state index in [0.29, 0.717) is 11.8 Å². The van der Waals surface area contributed by atoms with Gasteiger partial charge in [-0.05, 0) is 76.6 Å². The lowest BCUT2D eigenvalue weighted by atomic mass is 9.88. The predicted molar refractivity (Wildman–Crippen MR) is 173 cm³/mol. The van der Waals surface area contributed by atoms with E-state index in [4.69, 9.17) is 4.98 Å². The Morgan fingerprint density at radius 2 is 1.39 bits per heavy atom. The summed E-state index contributed by atoms with van der Waals surface area (Å²) < 4.78 is 18.7. The summed E-state index contributed by atoms with van der Waals surface area (Å²) in [6, 6.07) is 35.3. The van der Waals surface area contributed by atoms with Crippen LogP contribution in [0.4, 0.5) is 4.39 Å². The molecule has 2 heterocycles. The molecule has 0 aliphatic rings. The standard InChI is InChI=1S/C37H31FN2S/c1-22(2)30-19-25(24-11-6-5-7-12-24)20-31(23(3)4)35(30)40-33-16-9-8-15-32(33)39-37(40)29-14-10-13-28-27-18-17-26(38)21-34(27)41-36(28)29/h5-23H,1-4H3. The second-order valence-corrected chi connectivity index (χ2v) is 12.4. The van der Waals surface area contributed by atoms with Crippen LogP contribution in [-0.2, 0) is 0 Å². The summed E-state index contributed by atoms with van der Waals surface area (Å²) >= 11 is 1.64. The van der Waals surface area contributed by atoms with Gasteiger partial charge >= 0.3 is 0 Å². The SMILES string of the molecule is CC(C)c1cc(-c2ccccc2)cc(C(C)C)c1-n1c(-c2cccc3c2sc2cc(F)ccc23)nc2ccccc21. The van der Waals surface area contributed by atoms with E-state index in [1.54, 1.807) is 23.5 Å². The van der Waals surface area contributed by atoms with Crippen LogP contribution in [0.5, 0.6) is 0 Å². The number of hydrogen-bond acceptors (Lipinski definition) is 2. The molecule has 0 saturated carbocycles. The van der Waals surface area contributed by atoms with Crippen LogP contribution in [-0.4, -0.2) is 9.55 Å². The summed E-state index contributed by atoms with van der Waals surface area (Å²) in [5, 5.41) is 2.21. The molecule has 0 aliphatic heterocycles. The highest BCUT2D eigenvalue weighted by Crippen LogP contribution is 2.44. The van der Waals surface area contributed by atoms with Gasteiger partial charge in [0.1, 0.15) is 11.6 Å². The Kier molecular flexibility index (Phi) is 6.24. The molecule has 0 fully saturated rings. The van der Waals surface area contributed by atoms with Crippen molar-refractivity contribution < 1.29 is 4.39 Å². The molecule has 7 aromatic rings. The van der Waals surface area contributed by atoms with E-state index in [1.807, 2.05) is 6.07 Å². The topological polar surface area (TPSA) is 17.8 Å². The number of imidazole rings is 1. The van der Waals surface area contributed by atoms with Crippen molar-refractivity contribution in [3.63, 3.8) is 0 Å². The Hall–Kier alpha value is -4.28. The molecule has 0 amide bonds. The second kappa shape index (κ2) is 9.97. The zero-order chi connectivity index (χ0) is 28.2. The average Bonchev–Trinajstić information content (AvgIpc) is 3.54. The van der Waals surface area contributed by atoms with Crippen molar-refractivity contribution in [2.24, 2.45) is 0 Å². The molecule has 0 aliphatic carbocycles. The van der Waals surface area contributed by atoms with Gasteiger partial charge < -0.3 is 0 Å². The normalized spacial score (nSPS) is 12.0. The maximum Gasteiger partial charge on any atom is 0.147 e. The van der Waals surface area contributed by atoms with Crippen LogP contribution >= 0.6 is 11.3 Å². The van der Waals surface area contributed by atoms with Gasteiger partial charge in [-0.1, -0.05) is 88.4 Å². The molecule has 0 unspecified atom stereocenters. The first-order valence-electron chi connectivity index (χ1n) is 14.2. The predicted octanol–water partition coefficient (Wildman–Crippen LogP) is 11.1. The lowest BCUT2D eigenvalue weighted by molar-refractivity contribution is 0.630. The van der Waals surface area contributed by atoms with Crippen LogP contribution in [0.3, 0.4) is 0 Å². The number of nitrogens with zero attached hydrogens (tertiary/aromatic N) is 2. The van der Waals surface area contributed by atoms with Crippen LogP contribution in [0.25, 0.3) is 59.4 Å². The van der Waals surface area contributed by atoms with Gasteiger partial charge in [-0.15, -0.1) is 11.3 Å². The van der Waals surface area contributed by atoms with Crippen LogP contribution in [0.15, 0.2) is 103 Å². The second-order valence-electron chi connectivity index (χ2n) is 11.4. The van der Waals surface area contributed by atoms with Crippen molar-refractivity contribution in [1.82, 2.24) is 9.55 Å². The number of thiophene rings is 1. The molecule has 0 saturated heterocycles. The fourth-order valence-electron chi connectivity index (χ4n) is 6.00. The van der Waals surface area contributed by atoms with Crippen molar-refractivity contribution in [2.75, 3.05) is 0 Å². The minimum atomic E-state index is -0.209.